The molecule has 5 nitrogen and oxygen atoms in total. The summed E-state index contributed by atoms with van der Waals surface area (Å²) in [6, 6.07) is 10.2. The van der Waals surface area contributed by atoms with Crippen LogP contribution >= 0.6 is 11.8 Å². The Morgan fingerprint density at radius 3 is 2.79 bits per heavy atom. The Morgan fingerprint density at radius 1 is 1.37 bits per heavy atom. The number of hydrogen-bond donors (Lipinski definition) is 1. The lowest BCUT2D eigenvalue weighted by molar-refractivity contribution is 0.102. The molecule has 1 aromatic heterocycles. The Hall–Kier alpha value is -2.08. The van der Waals surface area contributed by atoms with E-state index in [4.69, 9.17) is 4.74 Å². The molecule has 1 heterocycles. The number of benzene rings is 1. The lowest BCUT2D eigenvalue weighted by Crippen LogP contribution is -2.09. The largest absolute Gasteiger partial charge is 0.481 e. The van der Waals surface area contributed by atoms with Gasteiger partial charge < -0.3 is 9.72 Å². The molecule has 0 unspecified atom stereocenters. The maximum absolute atomic E-state index is 11.9. The lowest BCUT2D eigenvalue weighted by atomic mass is 10.2. The van der Waals surface area contributed by atoms with Gasteiger partial charge in [-0.05, 0) is 0 Å². The second kappa shape index (κ2) is 6.19. The van der Waals surface area contributed by atoms with Gasteiger partial charge in [-0.25, -0.2) is 0 Å². The Labute approximate surface area is 114 Å². The second-order valence-corrected chi connectivity index (χ2v) is 4.63. The van der Waals surface area contributed by atoms with Gasteiger partial charge >= 0.3 is 0 Å². The van der Waals surface area contributed by atoms with Crippen molar-refractivity contribution in [2.75, 3.05) is 12.9 Å². The van der Waals surface area contributed by atoms with Crippen molar-refractivity contribution in [1.82, 2.24) is 9.97 Å². The fraction of sp³-hybridized carbons (Fsp3) is 0.154. The smallest absolute Gasteiger partial charge is 0.255 e. The molecule has 2 aromatic rings. The zero-order chi connectivity index (χ0) is 13.7. The summed E-state index contributed by atoms with van der Waals surface area (Å²) in [6.07, 6.45) is 0. The van der Waals surface area contributed by atoms with Crippen molar-refractivity contribution in [1.29, 1.82) is 0 Å². The first-order valence-electron chi connectivity index (χ1n) is 5.55. The van der Waals surface area contributed by atoms with Crippen LogP contribution in [0.25, 0.3) is 0 Å². The molecule has 0 aliphatic heterocycles. The van der Waals surface area contributed by atoms with Crippen LogP contribution in [-0.4, -0.2) is 28.6 Å². The molecular formula is C13H12N2O3S. The minimum Gasteiger partial charge on any atom is -0.481 e. The number of ketones is 1. The van der Waals surface area contributed by atoms with Crippen molar-refractivity contribution in [3.63, 3.8) is 0 Å². The molecule has 98 valence electrons. The summed E-state index contributed by atoms with van der Waals surface area (Å²) in [5, 5.41) is 0.369. The fourth-order valence-corrected chi connectivity index (χ4v) is 2.19. The van der Waals surface area contributed by atoms with Crippen LogP contribution in [0, 0.1) is 0 Å². The number of Topliss-reactive ketones (excluding diaryl/α,β-unsaturated/α-hetero) is 1. The van der Waals surface area contributed by atoms with Gasteiger partial charge in [0, 0.05) is 5.56 Å². The third-order valence-corrected chi connectivity index (χ3v) is 3.21. The molecule has 0 aliphatic rings. The van der Waals surface area contributed by atoms with Crippen molar-refractivity contribution in [3.8, 4) is 5.88 Å². The van der Waals surface area contributed by atoms with Crippen molar-refractivity contribution in [2.24, 2.45) is 0 Å². The molecular weight excluding hydrogens is 264 g/mol. The van der Waals surface area contributed by atoms with E-state index in [1.807, 2.05) is 18.2 Å². The standard InChI is InChI=1S/C13H12N2O3S/c1-18-12-7-11(17)14-13(15-12)19-8-10(16)9-5-3-2-4-6-9/h2-7H,8H2,1H3,(H,14,15,17). The summed E-state index contributed by atoms with van der Waals surface area (Å²) in [5.41, 5.74) is 0.335. The molecule has 0 atom stereocenters. The fourth-order valence-electron chi connectivity index (χ4n) is 1.43. The quantitative estimate of drug-likeness (QED) is 0.512. The second-order valence-electron chi connectivity index (χ2n) is 3.67. The third kappa shape index (κ3) is 3.69. The maximum Gasteiger partial charge on any atom is 0.255 e. The van der Waals surface area contributed by atoms with Crippen LogP contribution in [0.3, 0.4) is 0 Å². The predicted octanol–water partition coefficient (Wildman–Crippen LogP) is 1.75. The van der Waals surface area contributed by atoms with E-state index in [1.165, 1.54) is 24.9 Å². The highest BCUT2D eigenvalue weighted by Crippen LogP contribution is 2.15. The van der Waals surface area contributed by atoms with E-state index in [1.54, 1.807) is 12.1 Å². The number of aromatic nitrogens is 2. The molecule has 6 heteroatoms. The zero-order valence-electron chi connectivity index (χ0n) is 10.3. The van der Waals surface area contributed by atoms with Gasteiger partial charge in [0.25, 0.3) is 5.56 Å². The molecule has 2 rings (SSSR count). The lowest BCUT2D eigenvalue weighted by Gasteiger charge is -2.02. The van der Waals surface area contributed by atoms with Gasteiger partial charge in [0.2, 0.25) is 5.88 Å². The number of carbonyl (C=O) groups excluding carboxylic acids is 1. The van der Waals surface area contributed by atoms with E-state index in [2.05, 4.69) is 9.97 Å². The SMILES string of the molecule is COc1cc(=O)[nH]c(SCC(=O)c2ccccc2)n1. The topological polar surface area (TPSA) is 72.1 Å². The van der Waals surface area contributed by atoms with E-state index in [0.717, 1.165) is 0 Å². The van der Waals surface area contributed by atoms with Crippen molar-refractivity contribution in [3.05, 3.63) is 52.3 Å². The molecule has 0 saturated heterocycles. The molecule has 1 aromatic carbocycles. The normalized spacial score (nSPS) is 10.2. The molecule has 0 bridgehead atoms. The number of H-pyrrole nitrogens is 1. The van der Waals surface area contributed by atoms with Crippen LogP contribution < -0.4 is 10.3 Å². The van der Waals surface area contributed by atoms with Gasteiger partial charge in [0.05, 0.1) is 18.9 Å². The Bertz CT molecular complexity index is 625. The maximum atomic E-state index is 11.9. The first kappa shape index (κ1) is 13.4. The van der Waals surface area contributed by atoms with Gasteiger partial charge in [0.1, 0.15) is 0 Å². The molecule has 0 aliphatic carbocycles. The van der Waals surface area contributed by atoms with E-state index >= 15 is 0 Å². The number of rotatable bonds is 5. The predicted molar refractivity (Wildman–Crippen MR) is 72.9 cm³/mol. The molecule has 0 amide bonds. The summed E-state index contributed by atoms with van der Waals surface area (Å²) < 4.78 is 4.90. The first-order chi connectivity index (χ1) is 9.19. The average molecular weight is 276 g/mol. The molecule has 0 fully saturated rings. The first-order valence-corrected chi connectivity index (χ1v) is 6.54. The van der Waals surface area contributed by atoms with Crippen molar-refractivity contribution < 1.29 is 9.53 Å². The number of hydrogen-bond acceptors (Lipinski definition) is 5. The summed E-state index contributed by atoms with van der Waals surface area (Å²) in [5.74, 6) is 0.426. The van der Waals surface area contributed by atoms with Crippen LogP contribution in [0.2, 0.25) is 0 Å². The van der Waals surface area contributed by atoms with Gasteiger partial charge in [-0.1, -0.05) is 42.1 Å². The van der Waals surface area contributed by atoms with Crippen molar-refractivity contribution in [2.45, 2.75) is 5.16 Å². The molecule has 0 spiro atoms. The number of nitrogens with one attached hydrogen (secondary N) is 1. The monoisotopic (exact) mass is 276 g/mol. The highest BCUT2D eigenvalue weighted by molar-refractivity contribution is 7.99. The highest BCUT2D eigenvalue weighted by Gasteiger charge is 2.08. The van der Waals surface area contributed by atoms with Crippen LogP contribution in [0.15, 0.2) is 46.3 Å². The van der Waals surface area contributed by atoms with Gasteiger partial charge in [-0.15, -0.1) is 0 Å². The highest BCUT2D eigenvalue weighted by atomic mass is 32.2. The summed E-state index contributed by atoms with van der Waals surface area (Å²) in [6.45, 7) is 0. The van der Waals surface area contributed by atoms with E-state index in [0.29, 0.717) is 10.7 Å². The van der Waals surface area contributed by atoms with Crippen LogP contribution in [0.5, 0.6) is 5.88 Å². The minimum atomic E-state index is -0.304. The Morgan fingerprint density at radius 2 is 2.11 bits per heavy atom. The molecule has 19 heavy (non-hydrogen) atoms. The minimum absolute atomic E-state index is 0.0175. The summed E-state index contributed by atoms with van der Waals surface area (Å²) in [7, 11) is 1.44. The number of ether oxygens (including phenoxy) is 1. The molecule has 0 radical (unpaired) electrons. The van der Waals surface area contributed by atoms with Crippen LogP contribution in [0.4, 0.5) is 0 Å². The Balaban J connectivity index is 2.05. The number of aromatic amines is 1. The number of nitrogens with zero attached hydrogens (tertiary/aromatic N) is 1. The van der Waals surface area contributed by atoms with Gasteiger partial charge in [0.15, 0.2) is 10.9 Å². The van der Waals surface area contributed by atoms with Gasteiger partial charge in [-0.3, -0.25) is 9.59 Å². The summed E-state index contributed by atoms with van der Waals surface area (Å²) >= 11 is 1.17. The molecule has 1 N–H and O–H groups in total. The van der Waals surface area contributed by atoms with E-state index < -0.39 is 0 Å². The number of carbonyl (C=O) groups is 1. The van der Waals surface area contributed by atoms with E-state index in [-0.39, 0.29) is 23.0 Å². The summed E-state index contributed by atoms with van der Waals surface area (Å²) in [4.78, 5) is 29.8. The van der Waals surface area contributed by atoms with E-state index in [9.17, 15) is 9.59 Å². The molecule has 0 saturated carbocycles. The van der Waals surface area contributed by atoms with Gasteiger partial charge in [-0.2, -0.15) is 4.98 Å². The Kier molecular flexibility index (Phi) is 4.35. The third-order valence-electron chi connectivity index (χ3n) is 2.34. The van der Waals surface area contributed by atoms with Crippen LogP contribution in [-0.2, 0) is 0 Å². The zero-order valence-corrected chi connectivity index (χ0v) is 11.1. The number of methoxy groups -OCH3 is 1. The van der Waals surface area contributed by atoms with Crippen molar-refractivity contribution >= 4 is 17.5 Å². The van der Waals surface area contributed by atoms with Crippen LogP contribution in [0.1, 0.15) is 10.4 Å². The average Bonchev–Trinajstić information content (AvgIpc) is 2.45. The number of thioether (sulfide) groups is 1.